The first-order valence-corrected chi connectivity index (χ1v) is 12.6. The molecule has 2 aliphatic heterocycles. The molecule has 1 unspecified atom stereocenters. The number of carbonyl (C=O) groups is 3. The van der Waals surface area contributed by atoms with Crippen LogP contribution in [0.5, 0.6) is 0 Å². The maximum atomic E-state index is 14.4. The van der Waals surface area contributed by atoms with Crippen LogP contribution in [-0.2, 0) is 4.79 Å². The molecule has 0 radical (unpaired) electrons. The molecule has 1 aliphatic carbocycles. The van der Waals surface area contributed by atoms with Crippen molar-refractivity contribution >= 4 is 40.7 Å². The van der Waals surface area contributed by atoms with Crippen LogP contribution in [-0.4, -0.2) is 29.4 Å². The van der Waals surface area contributed by atoms with Gasteiger partial charge in [-0.25, -0.2) is 0 Å². The Balaban J connectivity index is 1.70. The van der Waals surface area contributed by atoms with Crippen LogP contribution in [0.1, 0.15) is 58.5 Å². The summed E-state index contributed by atoms with van der Waals surface area (Å²) in [5, 5.41) is 0.555. The fourth-order valence-corrected chi connectivity index (χ4v) is 6.53. The molecule has 0 saturated carbocycles. The topological polar surface area (TPSA) is 54.5 Å². The van der Waals surface area contributed by atoms with Crippen molar-refractivity contribution < 1.29 is 14.4 Å². The van der Waals surface area contributed by atoms with Gasteiger partial charge in [0.15, 0.2) is 17.3 Å². The van der Waals surface area contributed by atoms with Crippen molar-refractivity contribution in [3.63, 3.8) is 0 Å². The molecular formula is C31H26ClNO3. The van der Waals surface area contributed by atoms with E-state index < -0.39 is 28.8 Å². The number of hydrogen-bond donors (Lipinski definition) is 0. The average Bonchev–Trinajstić information content (AvgIpc) is 3.30. The molecule has 0 aromatic heterocycles. The molecule has 1 fully saturated rings. The lowest BCUT2D eigenvalue weighted by molar-refractivity contribution is -0.127. The monoisotopic (exact) mass is 495 g/mol. The predicted octanol–water partition coefficient (Wildman–Crippen LogP) is 6.39. The lowest BCUT2D eigenvalue weighted by Gasteiger charge is -2.38. The third kappa shape index (κ3) is 2.91. The van der Waals surface area contributed by atoms with Crippen LogP contribution in [0.4, 0.5) is 5.69 Å². The van der Waals surface area contributed by atoms with Gasteiger partial charge in [-0.15, -0.1) is 0 Å². The second kappa shape index (κ2) is 7.75. The highest BCUT2D eigenvalue weighted by atomic mass is 35.5. The Morgan fingerprint density at radius 2 is 1.44 bits per heavy atom. The van der Waals surface area contributed by atoms with Crippen LogP contribution in [0.3, 0.4) is 0 Å². The Bertz CT molecular complexity index is 1430. The van der Waals surface area contributed by atoms with Crippen molar-refractivity contribution in [2.45, 2.75) is 38.8 Å². The number of carbonyl (C=O) groups excluding carboxylic acids is 3. The van der Waals surface area contributed by atoms with Gasteiger partial charge in [0.25, 0.3) is 0 Å². The Labute approximate surface area is 215 Å². The summed E-state index contributed by atoms with van der Waals surface area (Å²) in [5.74, 6) is -1.13. The van der Waals surface area contributed by atoms with E-state index in [4.69, 9.17) is 11.6 Å². The summed E-state index contributed by atoms with van der Waals surface area (Å²) in [6, 6.07) is 20.8. The van der Waals surface area contributed by atoms with Crippen LogP contribution in [0.2, 0.25) is 5.02 Å². The van der Waals surface area contributed by atoms with Gasteiger partial charge in [0.05, 0.1) is 12.1 Å². The van der Waals surface area contributed by atoms with Crippen LogP contribution < -0.4 is 4.90 Å². The summed E-state index contributed by atoms with van der Waals surface area (Å²) in [7, 11) is 0. The number of halogens is 1. The van der Waals surface area contributed by atoms with Crippen molar-refractivity contribution in [3.05, 3.63) is 106 Å². The van der Waals surface area contributed by atoms with Gasteiger partial charge in [-0.05, 0) is 29.3 Å². The van der Waals surface area contributed by atoms with E-state index in [1.54, 1.807) is 36.4 Å². The van der Waals surface area contributed by atoms with Gasteiger partial charge in [-0.2, -0.15) is 0 Å². The molecule has 6 rings (SSSR count). The van der Waals surface area contributed by atoms with Gasteiger partial charge in [-0.1, -0.05) is 99.1 Å². The van der Waals surface area contributed by atoms with Crippen LogP contribution in [0.15, 0.2) is 78.9 Å². The molecule has 1 spiro atoms. The van der Waals surface area contributed by atoms with Crippen molar-refractivity contribution in [2.75, 3.05) is 4.90 Å². The van der Waals surface area contributed by atoms with Gasteiger partial charge in [0.2, 0.25) is 0 Å². The summed E-state index contributed by atoms with van der Waals surface area (Å²) < 4.78 is 0. The summed E-state index contributed by atoms with van der Waals surface area (Å²) in [5.41, 5.74) is 1.28. The minimum atomic E-state index is -1.47. The number of nitrogens with zero attached hydrogens (tertiary/aromatic N) is 1. The predicted molar refractivity (Wildman–Crippen MR) is 142 cm³/mol. The minimum absolute atomic E-state index is 0.00835. The second-order valence-corrected chi connectivity index (χ2v) is 11.4. The highest BCUT2D eigenvalue weighted by Crippen LogP contribution is 2.61. The molecular weight excluding hydrogens is 470 g/mol. The van der Waals surface area contributed by atoms with E-state index in [-0.39, 0.29) is 17.3 Å². The summed E-state index contributed by atoms with van der Waals surface area (Å²) >= 11 is 6.24. The van der Waals surface area contributed by atoms with Crippen LogP contribution >= 0.6 is 11.6 Å². The van der Waals surface area contributed by atoms with Crippen LogP contribution in [0, 0.1) is 10.8 Å². The summed E-state index contributed by atoms with van der Waals surface area (Å²) in [6.45, 7) is 5.69. The quantitative estimate of drug-likeness (QED) is 0.386. The molecule has 3 aromatic carbocycles. The molecule has 3 aliphatic rings. The maximum absolute atomic E-state index is 14.4. The second-order valence-electron chi connectivity index (χ2n) is 10.9. The third-order valence-electron chi connectivity index (χ3n) is 7.95. The van der Waals surface area contributed by atoms with Gasteiger partial charge >= 0.3 is 0 Å². The zero-order chi connectivity index (χ0) is 25.4. The number of fused-ring (bicyclic) bond motifs is 5. The molecule has 0 N–H and O–H groups in total. The molecule has 0 amide bonds. The SMILES string of the molecule is CC(C)(C)C(=O)[C@H]1[C@H](c2ccc(Cl)cc2)C2(C(=O)c3ccccc3C2=O)C2C=Cc3ccccc3N21. The number of para-hydroxylation sites is 1. The smallest absolute Gasteiger partial charge is 0.180 e. The van der Waals surface area contributed by atoms with Crippen molar-refractivity contribution in [3.8, 4) is 0 Å². The first-order chi connectivity index (χ1) is 17.2. The Kier molecular flexibility index (Phi) is 4.94. The third-order valence-corrected chi connectivity index (χ3v) is 8.20. The molecule has 3 aromatic rings. The first kappa shape index (κ1) is 22.9. The number of benzene rings is 3. The zero-order valence-corrected chi connectivity index (χ0v) is 21.1. The van der Waals surface area contributed by atoms with E-state index in [9.17, 15) is 14.4 Å². The molecule has 36 heavy (non-hydrogen) atoms. The zero-order valence-electron chi connectivity index (χ0n) is 20.4. The number of anilines is 1. The number of rotatable bonds is 2. The van der Waals surface area contributed by atoms with E-state index in [0.29, 0.717) is 16.1 Å². The fraction of sp³-hybridized carbons (Fsp3) is 0.258. The average molecular weight is 496 g/mol. The Morgan fingerprint density at radius 1 is 0.861 bits per heavy atom. The fourth-order valence-electron chi connectivity index (χ4n) is 6.40. The molecule has 2 heterocycles. The molecule has 3 atom stereocenters. The molecule has 1 saturated heterocycles. The van der Waals surface area contributed by atoms with E-state index in [0.717, 1.165) is 16.8 Å². The summed E-state index contributed by atoms with van der Waals surface area (Å²) in [6.07, 6.45) is 3.92. The Hall–Kier alpha value is -3.50. The van der Waals surface area contributed by atoms with Crippen molar-refractivity contribution in [1.82, 2.24) is 0 Å². The molecule has 180 valence electrons. The van der Waals surface area contributed by atoms with Gasteiger partial charge in [0, 0.05) is 33.2 Å². The van der Waals surface area contributed by atoms with Crippen molar-refractivity contribution in [2.24, 2.45) is 10.8 Å². The normalized spacial score (nSPS) is 23.6. The molecule has 5 heteroatoms. The van der Waals surface area contributed by atoms with Crippen molar-refractivity contribution in [1.29, 1.82) is 0 Å². The summed E-state index contributed by atoms with van der Waals surface area (Å²) in [4.78, 5) is 45.2. The number of Topliss-reactive ketones (excluding diaryl/α,β-unsaturated/α-hetero) is 3. The molecule has 4 nitrogen and oxygen atoms in total. The standard InChI is InChI=1S/C31H26ClNO3/c1-30(2,3)29(36)26-25(19-12-15-20(32)16-13-19)31(27(34)21-9-5-6-10-22(21)28(31)35)24-17-14-18-8-4-7-11-23(18)33(24)26/h4-17,24-26H,1-3H3/t24?,25-,26+/m0/s1. The van der Waals surface area contributed by atoms with E-state index in [1.165, 1.54) is 0 Å². The van der Waals surface area contributed by atoms with Gasteiger partial charge in [-0.3, -0.25) is 14.4 Å². The number of ketones is 3. The van der Waals surface area contributed by atoms with Gasteiger partial charge in [0.1, 0.15) is 5.41 Å². The minimum Gasteiger partial charge on any atom is -0.352 e. The first-order valence-electron chi connectivity index (χ1n) is 12.2. The van der Waals surface area contributed by atoms with E-state index in [2.05, 4.69) is 0 Å². The lowest BCUT2D eigenvalue weighted by Crippen LogP contribution is -2.49. The Morgan fingerprint density at radius 3 is 2.06 bits per heavy atom. The highest BCUT2D eigenvalue weighted by Gasteiger charge is 2.71. The maximum Gasteiger partial charge on any atom is 0.180 e. The van der Waals surface area contributed by atoms with Gasteiger partial charge < -0.3 is 4.90 Å². The van der Waals surface area contributed by atoms with E-state index >= 15 is 0 Å². The lowest BCUT2D eigenvalue weighted by atomic mass is 9.63. The molecule has 0 bridgehead atoms. The highest BCUT2D eigenvalue weighted by molar-refractivity contribution is 6.32. The van der Waals surface area contributed by atoms with Crippen LogP contribution in [0.25, 0.3) is 6.08 Å². The van der Waals surface area contributed by atoms with E-state index in [1.807, 2.05) is 74.2 Å². The largest absolute Gasteiger partial charge is 0.352 e. The number of hydrogen-bond acceptors (Lipinski definition) is 4.